The molecule has 1 aromatic heterocycles. The molecule has 0 bridgehead atoms. The number of aryl methyl sites for hydroxylation is 1. The van der Waals surface area contributed by atoms with Crippen LogP contribution in [0.5, 0.6) is 0 Å². The number of hydrogen-bond acceptors (Lipinski definition) is 8. The molecule has 10 nitrogen and oxygen atoms in total. The number of nitrogens with one attached hydrogen (secondary N) is 4. The van der Waals surface area contributed by atoms with Gasteiger partial charge in [-0.1, -0.05) is 12.1 Å². The summed E-state index contributed by atoms with van der Waals surface area (Å²) in [5.41, 5.74) is 2.77. The molecule has 11 heteroatoms. The Bertz CT molecular complexity index is 1210. The first-order chi connectivity index (χ1) is 17.0. The molecular formula is C24H30N8O2S. The molecule has 184 valence electrons. The summed E-state index contributed by atoms with van der Waals surface area (Å²) in [5.74, 6) is 0.297. The van der Waals surface area contributed by atoms with Gasteiger partial charge in [0.2, 0.25) is 11.9 Å². The fourth-order valence-corrected chi connectivity index (χ4v) is 4.37. The van der Waals surface area contributed by atoms with Crippen LogP contribution in [0.4, 0.5) is 17.1 Å². The van der Waals surface area contributed by atoms with Crippen LogP contribution in [-0.4, -0.2) is 56.6 Å². The van der Waals surface area contributed by atoms with Gasteiger partial charge >= 0.3 is 0 Å². The highest BCUT2D eigenvalue weighted by atomic mass is 32.2. The van der Waals surface area contributed by atoms with Gasteiger partial charge in [0.1, 0.15) is 0 Å². The summed E-state index contributed by atoms with van der Waals surface area (Å²) < 4.78 is 14.1. The van der Waals surface area contributed by atoms with Gasteiger partial charge in [0.25, 0.3) is 0 Å². The monoisotopic (exact) mass is 494 g/mol. The minimum Gasteiger partial charge on any atom is -0.353 e. The summed E-state index contributed by atoms with van der Waals surface area (Å²) in [6.07, 6.45) is 14.3. The van der Waals surface area contributed by atoms with Gasteiger partial charge < -0.3 is 21.3 Å². The number of rotatable bonds is 8. The fraction of sp³-hybridized carbons (Fsp3) is 0.292. The lowest BCUT2D eigenvalue weighted by Gasteiger charge is -2.13. The molecule has 4 rings (SSSR count). The molecule has 2 aliphatic rings. The Balaban J connectivity index is 1.40. The zero-order valence-corrected chi connectivity index (χ0v) is 20.6. The number of carbonyl (C=O) groups is 1. The molecule has 35 heavy (non-hydrogen) atoms. The zero-order valence-electron chi connectivity index (χ0n) is 19.8. The van der Waals surface area contributed by atoms with Crippen molar-refractivity contribution in [2.45, 2.75) is 12.8 Å². The normalized spacial score (nSPS) is 17.1. The Labute approximate surface area is 207 Å². The van der Waals surface area contributed by atoms with Gasteiger partial charge in [-0.05, 0) is 44.1 Å². The van der Waals surface area contributed by atoms with Crippen LogP contribution in [0, 0.1) is 0 Å². The first-order valence-electron chi connectivity index (χ1n) is 11.4. The number of aliphatic imine (C=N–C) groups is 1. The van der Waals surface area contributed by atoms with Crippen molar-refractivity contribution in [1.29, 1.82) is 0 Å². The van der Waals surface area contributed by atoms with Crippen molar-refractivity contribution < 1.29 is 9.00 Å². The Kier molecular flexibility index (Phi) is 8.11. The van der Waals surface area contributed by atoms with E-state index in [1.165, 1.54) is 12.8 Å². The van der Waals surface area contributed by atoms with Crippen LogP contribution in [-0.2, 0) is 22.6 Å². The lowest BCUT2D eigenvalue weighted by Crippen LogP contribution is -2.26. The predicted octanol–water partition coefficient (Wildman–Crippen LogP) is 2.56. The van der Waals surface area contributed by atoms with E-state index in [1.807, 2.05) is 43.6 Å². The Morgan fingerprint density at radius 2 is 2.00 bits per heavy atom. The van der Waals surface area contributed by atoms with Crippen LogP contribution in [0.2, 0.25) is 0 Å². The standard InChI is InChI=1S/C24H30N8O2S/c1-31-17-20(14-27-31)30-24-25-15-21(22(16-26-24)35(2)34)28-18-7-5-8-19(13-18)29-23(33)9-6-12-32-10-3-4-11-32/h5-9,13-17,28H,3-4,10-12H2,1-2H3,(H,29,33)(H2,25,26,30)/b9-6+. The first-order valence-corrected chi connectivity index (χ1v) is 12.9. The maximum absolute atomic E-state index is 12.4. The number of aromatic nitrogens is 2. The number of carbonyl (C=O) groups excluding carboxylic acids is 1. The quantitative estimate of drug-likeness (QED) is 0.417. The second kappa shape index (κ2) is 11.6. The minimum absolute atomic E-state index is 0.175. The van der Waals surface area contributed by atoms with E-state index >= 15 is 0 Å². The number of guanidine groups is 1. The molecule has 1 fully saturated rings. The lowest BCUT2D eigenvalue weighted by atomic mass is 10.2. The molecular weight excluding hydrogens is 464 g/mol. The van der Waals surface area contributed by atoms with Crippen LogP contribution in [0.15, 0.2) is 76.8 Å². The van der Waals surface area contributed by atoms with E-state index < -0.39 is 10.8 Å². The molecule has 3 heterocycles. The molecule has 0 aliphatic carbocycles. The van der Waals surface area contributed by atoms with Gasteiger partial charge in [0.05, 0.1) is 33.3 Å². The molecule has 0 radical (unpaired) electrons. The van der Waals surface area contributed by atoms with Crippen molar-refractivity contribution in [3.63, 3.8) is 0 Å². The third-order valence-electron chi connectivity index (χ3n) is 5.45. The number of likely N-dealkylation sites (tertiary alicyclic amines) is 1. The van der Waals surface area contributed by atoms with Crippen LogP contribution >= 0.6 is 0 Å². The van der Waals surface area contributed by atoms with E-state index in [-0.39, 0.29) is 5.91 Å². The van der Waals surface area contributed by atoms with Crippen LogP contribution < -0.4 is 21.3 Å². The highest BCUT2D eigenvalue weighted by Gasteiger charge is 2.14. The van der Waals surface area contributed by atoms with E-state index in [4.69, 9.17) is 0 Å². The van der Waals surface area contributed by atoms with Gasteiger partial charge in [0.15, 0.2) is 0 Å². The summed E-state index contributed by atoms with van der Waals surface area (Å²) >= 11 is 0. The molecule has 0 spiro atoms. The smallest absolute Gasteiger partial charge is 0.248 e. The molecule has 1 aromatic carbocycles. The molecule has 0 saturated carbocycles. The highest BCUT2D eigenvalue weighted by molar-refractivity contribution is 7.88. The van der Waals surface area contributed by atoms with Crippen molar-refractivity contribution in [2.75, 3.05) is 41.8 Å². The summed E-state index contributed by atoms with van der Waals surface area (Å²) in [6.45, 7) is 2.98. The highest BCUT2D eigenvalue weighted by Crippen LogP contribution is 2.22. The minimum atomic E-state index is -1.29. The third-order valence-corrected chi connectivity index (χ3v) is 6.39. The first kappa shape index (κ1) is 24.4. The average Bonchev–Trinajstić information content (AvgIpc) is 3.44. The molecule has 4 N–H and O–H groups in total. The lowest BCUT2D eigenvalue weighted by molar-refractivity contribution is -0.111. The number of anilines is 3. The van der Waals surface area contributed by atoms with Crippen LogP contribution in [0.3, 0.4) is 0 Å². The maximum atomic E-state index is 12.4. The fourth-order valence-electron chi connectivity index (χ4n) is 3.75. The number of benzene rings is 1. The molecule has 1 unspecified atom stereocenters. The van der Waals surface area contributed by atoms with Crippen molar-refractivity contribution >= 4 is 39.7 Å². The number of hydrogen-bond donors (Lipinski definition) is 4. The SMILES string of the molecule is Cn1cc(NC2=NC=C(S(C)=O)C(Nc3cccc(NC(=O)/C=C/CN4CCCC4)c3)=CN2)cn1. The molecule has 2 aliphatic heterocycles. The van der Waals surface area contributed by atoms with E-state index in [2.05, 4.69) is 36.3 Å². The van der Waals surface area contributed by atoms with Crippen LogP contribution in [0.25, 0.3) is 0 Å². The van der Waals surface area contributed by atoms with Gasteiger partial charge in [-0.2, -0.15) is 5.10 Å². The Hall–Kier alpha value is -3.70. The second-order valence-electron chi connectivity index (χ2n) is 8.26. The summed E-state index contributed by atoms with van der Waals surface area (Å²) in [7, 11) is 0.541. The van der Waals surface area contributed by atoms with Gasteiger partial charge in [-0.3, -0.25) is 18.6 Å². The van der Waals surface area contributed by atoms with E-state index in [1.54, 1.807) is 35.6 Å². The molecule has 1 atom stereocenters. The molecule has 2 aromatic rings. The van der Waals surface area contributed by atoms with Gasteiger partial charge in [0, 0.05) is 55.9 Å². The zero-order chi connectivity index (χ0) is 24.6. The van der Waals surface area contributed by atoms with E-state index in [0.717, 1.165) is 31.0 Å². The van der Waals surface area contributed by atoms with Crippen molar-refractivity contribution in [3.05, 3.63) is 71.8 Å². The molecule has 1 saturated heterocycles. The number of nitrogens with zero attached hydrogens (tertiary/aromatic N) is 4. The largest absolute Gasteiger partial charge is 0.353 e. The maximum Gasteiger partial charge on any atom is 0.248 e. The molecule has 1 amide bonds. The van der Waals surface area contributed by atoms with Crippen molar-refractivity contribution in [3.8, 4) is 0 Å². The Morgan fingerprint density at radius 1 is 1.20 bits per heavy atom. The third kappa shape index (κ3) is 7.14. The topological polar surface area (TPSA) is 116 Å². The number of amides is 1. The van der Waals surface area contributed by atoms with E-state index in [9.17, 15) is 9.00 Å². The van der Waals surface area contributed by atoms with E-state index in [0.29, 0.717) is 22.2 Å². The summed E-state index contributed by atoms with van der Waals surface area (Å²) in [6, 6.07) is 7.36. The van der Waals surface area contributed by atoms with Gasteiger partial charge in [-0.15, -0.1) is 0 Å². The van der Waals surface area contributed by atoms with Crippen LogP contribution in [0.1, 0.15) is 12.8 Å². The van der Waals surface area contributed by atoms with Crippen molar-refractivity contribution in [1.82, 2.24) is 20.0 Å². The average molecular weight is 495 g/mol. The predicted molar refractivity (Wildman–Crippen MR) is 141 cm³/mol. The second-order valence-corrected chi connectivity index (χ2v) is 9.61. The summed E-state index contributed by atoms with van der Waals surface area (Å²) in [5, 5.41) is 16.5. The Morgan fingerprint density at radius 3 is 2.74 bits per heavy atom. The summed E-state index contributed by atoms with van der Waals surface area (Å²) in [4.78, 5) is 19.6. The van der Waals surface area contributed by atoms with Crippen molar-refractivity contribution in [2.24, 2.45) is 12.0 Å². The van der Waals surface area contributed by atoms with Gasteiger partial charge in [-0.25, -0.2) is 4.99 Å².